The SMILES string of the molecule is CCOCCC1(Oc2ccc(Oc3ccc(-c4nc(-c5cccc(Cl)c5)no4)cc3)cc2)C(=O)NC(=O)NC1=O. The van der Waals surface area contributed by atoms with Crippen LogP contribution in [0.1, 0.15) is 13.3 Å². The Morgan fingerprint density at radius 2 is 1.52 bits per heavy atom. The largest absolute Gasteiger partial charge is 0.467 e. The van der Waals surface area contributed by atoms with Crippen LogP contribution >= 0.6 is 11.6 Å². The zero-order valence-corrected chi connectivity index (χ0v) is 21.9. The Kier molecular flexibility index (Phi) is 7.76. The molecule has 11 nitrogen and oxygen atoms in total. The molecular weight excluding hydrogens is 540 g/mol. The van der Waals surface area contributed by atoms with E-state index < -0.39 is 23.4 Å². The minimum absolute atomic E-state index is 0.0776. The van der Waals surface area contributed by atoms with Gasteiger partial charge in [0.05, 0.1) is 6.61 Å². The van der Waals surface area contributed by atoms with E-state index in [9.17, 15) is 14.4 Å². The number of halogens is 1. The number of benzene rings is 3. The summed E-state index contributed by atoms with van der Waals surface area (Å²) in [4.78, 5) is 41.3. The molecule has 204 valence electrons. The zero-order chi connectivity index (χ0) is 28.1. The molecular formula is C28H23ClN4O7. The average Bonchev–Trinajstić information content (AvgIpc) is 3.44. The number of hydrogen-bond acceptors (Lipinski definition) is 9. The van der Waals surface area contributed by atoms with E-state index in [0.29, 0.717) is 40.4 Å². The van der Waals surface area contributed by atoms with Gasteiger partial charge in [-0.3, -0.25) is 20.2 Å². The van der Waals surface area contributed by atoms with Gasteiger partial charge < -0.3 is 18.7 Å². The van der Waals surface area contributed by atoms with Crippen LogP contribution in [-0.4, -0.2) is 46.8 Å². The summed E-state index contributed by atoms with van der Waals surface area (Å²) in [6.07, 6.45) is -0.0863. The molecule has 5 rings (SSSR count). The monoisotopic (exact) mass is 562 g/mol. The van der Waals surface area contributed by atoms with Crippen LogP contribution in [0.3, 0.4) is 0 Å². The van der Waals surface area contributed by atoms with E-state index in [1.807, 2.05) is 12.1 Å². The molecule has 1 saturated heterocycles. The topological polar surface area (TPSA) is 142 Å². The number of barbiturate groups is 1. The third-order valence-corrected chi connectivity index (χ3v) is 6.19. The van der Waals surface area contributed by atoms with Crippen molar-refractivity contribution in [3.05, 3.63) is 77.8 Å². The van der Waals surface area contributed by atoms with Crippen molar-refractivity contribution in [1.82, 2.24) is 20.8 Å². The maximum atomic E-state index is 12.6. The van der Waals surface area contributed by atoms with Crippen LogP contribution in [0.4, 0.5) is 4.79 Å². The summed E-state index contributed by atoms with van der Waals surface area (Å²) in [5.74, 6) is 0.311. The Bertz CT molecular complexity index is 1520. The fourth-order valence-electron chi connectivity index (χ4n) is 3.94. The van der Waals surface area contributed by atoms with Gasteiger partial charge in [-0.1, -0.05) is 28.9 Å². The molecule has 0 radical (unpaired) electrons. The van der Waals surface area contributed by atoms with Gasteiger partial charge in [-0.05, 0) is 67.6 Å². The van der Waals surface area contributed by atoms with Gasteiger partial charge in [-0.25, -0.2) is 4.79 Å². The van der Waals surface area contributed by atoms with E-state index in [1.165, 1.54) is 0 Å². The predicted molar refractivity (Wildman–Crippen MR) is 143 cm³/mol. The fourth-order valence-corrected chi connectivity index (χ4v) is 4.13. The first-order valence-corrected chi connectivity index (χ1v) is 12.7. The first kappa shape index (κ1) is 26.9. The predicted octanol–water partition coefficient (Wildman–Crippen LogP) is 4.76. The van der Waals surface area contributed by atoms with E-state index in [4.69, 9.17) is 30.3 Å². The summed E-state index contributed by atoms with van der Waals surface area (Å²) in [5, 5.41) is 8.77. The minimum Gasteiger partial charge on any atom is -0.467 e. The summed E-state index contributed by atoms with van der Waals surface area (Å²) in [6, 6.07) is 19.7. The first-order valence-electron chi connectivity index (χ1n) is 12.3. The molecule has 0 bridgehead atoms. The van der Waals surface area contributed by atoms with E-state index in [-0.39, 0.29) is 18.8 Å². The quantitative estimate of drug-likeness (QED) is 0.206. The van der Waals surface area contributed by atoms with Gasteiger partial charge in [0.2, 0.25) is 5.82 Å². The molecule has 12 heteroatoms. The van der Waals surface area contributed by atoms with Crippen molar-refractivity contribution in [1.29, 1.82) is 0 Å². The molecule has 0 spiro atoms. The zero-order valence-electron chi connectivity index (χ0n) is 21.2. The lowest BCUT2D eigenvalue weighted by molar-refractivity contribution is -0.153. The number of rotatable bonds is 10. The van der Waals surface area contributed by atoms with Crippen LogP contribution < -0.4 is 20.1 Å². The van der Waals surface area contributed by atoms with Crippen molar-refractivity contribution in [2.45, 2.75) is 18.9 Å². The molecule has 2 heterocycles. The number of aromatic nitrogens is 2. The highest BCUT2D eigenvalue weighted by atomic mass is 35.5. The lowest BCUT2D eigenvalue weighted by atomic mass is 9.95. The Balaban J connectivity index is 1.25. The Hall–Kier alpha value is -4.74. The summed E-state index contributed by atoms with van der Waals surface area (Å²) in [6.45, 7) is 2.26. The van der Waals surface area contributed by atoms with E-state index in [1.54, 1.807) is 67.6 Å². The summed E-state index contributed by atoms with van der Waals surface area (Å²) in [5.41, 5.74) is -0.507. The van der Waals surface area contributed by atoms with Crippen LogP contribution in [0.15, 0.2) is 77.3 Å². The highest BCUT2D eigenvalue weighted by molar-refractivity contribution is 6.30. The normalized spacial score (nSPS) is 14.4. The molecule has 1 fully saturated rings. The number of ether oxygens (including phenoxy) is 3. The highest BCUT2D eigenvalue weighted by Crippen LogP contribution is 2.30. The number of hydrogen-bond donors (Lipinski definition) is 2. The van der Waals surface area contributed by atoms with E-state index >= 15 is 0 Å². The molecule has 2 N–H and O–H groups in total. The van der Waals surface area contributed by atoms with Gasteiger partial charge in [-0.15, -0.1) is 0 Å². The molecule has 1 aliphatic heterocycles. The summed E-state index contributed by atoms with van der Waals surface area (Å²) < 4.78 is 22.4. The van der Waals surface area contributed by atoms with Gasteiger partial charge in [0.1, 0.15) is 17.2 Å². The van der Waals surface area contributed by atoms with E-state index in [2.05, 4.69) is 20.8 Å². The fraction of sp³-hybridized carbons (Fsp3) is 0.179. The van der Waals surface area contributed by atoms with Crippen LogP contribution in [0.5, 0.6) is 17.2 Å². The number of carbonyl (C=O) groups is 3. The van der Waals surface area contributed by atoms with Gasteiger partial charge in [0.15, 0.2) is 0 Å². The second kappa shape index (κ2) is 11.6. The van der Waals surface area contributed by atoms with Crippen molar-refractivity contribution in [3.8, 4) is 40.1 Å². The number of amides is 4. The first-order chi connectivity index (χ1) is 19.4. The average molecular weight is 563 g/mol. The smallest absolute Gasteiger partial charge is 0.328 e. The van der Waals surface area contributed by atoms with Gasteiger partial charge >= 0.3 is 6.03 Å². The maximum Gasteiger partial charge on any atom is 0.328 e. The second-order valence-corrected chi connectivity index (χ2v) is 9.08. The number of nitrogens with one attached hydrogen (secondary N) is 2. The highest BCUT2D eigenvalue weighted by Gasteiger charge is 2.52. The Morgan fingerprint density at radius 3 is 2.17 bits per heavy atom. The van der Waals surface area contributed by atoms with Gasteiger partial charge in [0, 0.05) is 29.2 Å². The molecule has 0 unspecified atom stereocenters. The van der Waals surface area contributed by atoms with Gasteiger partial charge in [-0.2, -0.15) is 4.98 Å². The van der Waals surface area contributed by atoms with Crippen LogP contribution in [0, 0.1) is 0 Å². The minimum atomic E-state index is -1.96. The standard InChI is InChI=1S/C28H23ClN4O7/c1-2-37-15-14-28(25(34)31-27(36)32-26(28)35)39-22-12-10-21(11-13-22)38-20-8-6-17(7-9-20)24-30-23(33-40-24)18-4-3-5-19(29)16-18/h3-13,16H,2,14-15H2,1H3,(H2,31,32,34,35,36). The number of carbonyl (C=O) groups excluding carboxylic acids is 3. The molecule has 4 amide bonds. The van der Waals surface area contributed by atoms with Crippen LogP contribution in [-0.2, 0) is 14.3 Å². The molecule has 0 aliphatic carbocycles. The molecule has 40 heavy (non-hydrogen) atoms. The third-order valence-electron chi connectivity index (χ3n) is 5.95. The lowest BCUT2D eigenvalue weighted by Gasteiger charge is -2.34. The number of imide groups is 2. The molecule has 1 aliphatic rings. The Labute approximate surface area is 233 Å². The summed E-state index contributed by atoms with van der Waals surface area (Å²) >= 11 is 6.05. The molecule has 3 aromatic carbocycles. The van der Waals surface area contributed by atoms with Crippen molar-refractivity contribution < 1.29 is 33.1 Å². The maximum absolute atomic E-state index is 12.6. The number of urea groups is 1. The van der Waals surface area contributed by atoms with Gasteiger partial charge in [0.25, 0.3) is 23.3 Å². The van der Waals surface area contributed by atoms with Crippen molar-refractivity contribution in [2.75, 3.05) is 13.2 Å². The third kappa shape index (κ3) is 5.80. The van der Waals surface area contributed by atoms with Crippen molar-refractivity contribution in [3.63, 3.8) is 0 Å². The summed E-state index contributed by atoms with van der Waals surface area (Å²) in [7, 11) is 0. The second-order valence-electron chi connectivity index (χ2n) is 8.64. The molecule has 4 aromatic rings. The van der Waals surface area contributed by atoms with E-state index in [0.717, 1.165) is 5.56 Å². The molecule has 0 saturated carbocycles. The van der Waals surface area contributed by atoms with Crippen LogP contribution in [0.25, 0.3) is 22.8 Å². The van der Waals surface area contributed by atoms with Crippen molar-refractivity contribution in [2.24, 2.45) is 0 Å². The van der Waals surface area contributed by atoms with Crippen molar-refractivity contribution >= 4 is 29.4 Å². The number of nitrogens with zero attached hydrogens (tertiary/aromatic N) is 2. The lowest BCUT2D eigenvalue weighted by Crippen LogP contribution is -2.69. The molecule has 0 atom stereocenters. The Morgan fingerprint density at radius 1 is 0.875 bits per heavy atom. The van der Waals surface area contributed by atoms with Crippen LogP contribution in [0.2, 0.25) is 5.02 Å². The molecule has 1 aromatic heterocycles.